The smallest absolute Gasteiger partial charge is 0.261 e. The molecule has 0 spiro atoms. The molecule has 0 aliphatic heterocycles. The number of anilines is 1. The zero-order chi connectivity index (χ0) is 15.6. The quantitative estimate of drug-likeness (QED) is 0.889. The highest BCUT2D eigenvalue weighted by Gasteiger charge is 2.15. The van der Waals surface area contributed by atoms with Crippen LogP contribution in [-0.2, 0) is 10.0 Å². The molecule has 0 atom stereocenters. The van der Waals surface area contributed by atoms with E-state index in [1.165, 1.54) is 19.2 Å². The van der Waals surface area contributed by atoms with E-state index in [1.807, 2.05) is 13.8 Å². The lowest BCUT2D eigenvalue weighted by atomic mass is 10.1. The Labute approximate surface area is 133 Å². The average molecular weight is 370 g/mol. The van der Waals surface area contributed by atoms with Gasteiger partial charge in [0.2, 0.25) is 0 Å². The first-order valence-electron chi connectivity index (χ1n) is 6.27. The van der Waals surface area contributed by atoms with Crippen LogP contribution in [0.15, 0.2) is 45.8 Å². The summed E-state index contributed by atoms with van der Waals surface area (Å²) in [6.07, 6.45) is 0. The fraction of sp³-hybridized carbons (Fsp3) is 0.200. The van der Waals surface area contributed by atoms with Crippen molar-refractivity contribution in [3.05, 3.63) is 52.0 Å². The van der Waals surface area contributed by atoms with Gasteiger partial charge < -0.3 is 4.74 Å². The van der Waals surface area contributed by atoms with Gasteiger partial charge in [0.05, 0.1) is 12.0 Å². The molecule has 6 heteroatoms. The number of hydrogen-bond acceptors (Lipinski definition) is 3. The number of sulfonamides is 1. The van der Waals surface area contributed by atoms with Crippen molar-refractivity contribution in [2.75, 3.05) is 11.8 Å². The van der Waals surface area contributed by atoms with Crippen LogP contribution >= 0.6 is 15.9 Å². The van der Waals surface area contributed by atoms with Gasteiger partial charge in [0.25, 0.3) is 10.0 Å². The molecule has 0 saturated heterocycles. The van der Waals surface area contributed by atoms with Gasteiger partial charge in [0.1, 0.15) is 5.75 Å². The standard InChI is InChI=1S/C15H16BrNO3S/c1-10-8-12(9-11(2)15(10)16)17-21(18,19)14-6-4-13(20-3)5-7-14/h4-9,17H,1-3H3. The molecule has 0 aromatic heterocycles. The largest absolute Gasteiger partial charge is 0.497 e. The van der Waals surface area contributed by atoms with Gasteiger partial charge in [-0.25, -0.2) is 8.42 Å². The van der Waals surface area contributed by atoms with E-state index in [0.717, 1.165) is 15.6 Å². The molecule has 0 saturated carbocycles. The van der Waals surface area contributed by atoms with Gasteiger partial charge in [0.15, 0.2) is 0 Å². The second-order valence-electron chi connectivity index (χ2n) is 4.71. The maximum atomic E-state index is 12.3. The molecule has 2 aromatic rings. The molecule has 112 valence electrons. The Bertz CT molecular complexity index is 732. The fourth-order valence-electron chi connectivity index (χ4n) is 1.97. The van der Waals surface area contributed by atoms with E-state index in [9.17, 15) is 8.42 Å². The number of ether oxygens (including phenoxy) is 1. The molecule has 0 heterocycles. The Morgan fingerprint density at radius 3 is 2.05 bits per heavy atom. The number of benzene rings is 2. The summed E-state index contributed by atoms with van der Waals surface area (Å²) in [5.41, 5.74) is 2.49. The van der Waals surface area contributed by atoms with Crippen LogP contribution < -0.4 is 9.46 Å². The predicted octanol–water partition coefficient (Wildman–Crippen LogP) is 3.88. The van der Waals surface area contributed by atoms with Crippen molar-refractivity contribution in [3.8, 4) is 5.75 Å². The molecule has 21 heavy (non-hydrogen) atoms. The van der Waals surface area contributed by atoms with Gasteiger partial charge in [-0.2, -0.15) is 0 Å². The molecule has 0 fully saturated rings. The van der Waals surface area contributed by atoms with Crippen molar-refractivity contribution in [3.63, 3.8) is 0 Å². The van der Waals surface area contributed by atoms with E-state index in [-0.39, 0.29) is 4.90 Å². The van der Waals surface area contributed by atoms with Crippen LogP contribution in [0.2, 0.25) is 0 Å². The summed E-state index contributed by atoms with van der Waals surface area (Å²) in [4.78, 5) is 0.196. The molecule has 2 rings (SSSR count). The van der Waals surface area contributed by atoms with Crippen molar-refractivity contribution >= 4 is 31.6 Å². The number of methoxy groups -OCH3 is 1. The van der Waals surface area contributed by atoms with Crippen LogP contribution in [0.5, 0.6) is 5.75 Å². The lowest BCUT2D eigenvalue weighted by molar-refractivity contribution is 0.414. The first kappa shape index (κ1) is 15.9. The number of nitrogens with one attached hydrogen (secondary N) is 1. The van der Waals surface area contributed by atoms with Crippen molar-refractivity contribution < 1.29 is 13.2 Å². The van der Waals surface area contributed by atoms with E-state index in [1.54, 1.807) is 24.3 Å². The van der Waals surface area contributed by atoms with Crippen LogP contribution in [0, 0.1) is 13.8 Å². The normalized spacial score (nSPS) is 11.2. The minimum Gasteiger partial charge on any atom is -0.497 e. The highest BCUT2D eigenvalue weighted by Crippen LogP contribution is 2.26. The van der Waals surface area contributed by atoms with Crippen molar-refractivity contribution in [1.82, 2.24) is 0 Å². The van der Waals surface area contributed by atoms with Gasteiger partial charge in [-0.05, 0) is 61.4 Å². The van der Waals surface area contributed by atoms with Gasteiger partial charge in [0, 0.05) is 10.2 Å². The molecular formula is C15H16BrNO3S. The topological polar surface area (TPSA) is 55.4 Å². The summed E-state index contributed by atoms with van der Waals surface area (Å²) in [5, 5.41) is 0. The Balaban J connectivity index is 2.32. The van der Waals surface area contributed by atoms with Gasteiger partial charge in [-0.3, -0.25) is 4.72 Å². The Morgan fingerprint density at radius 1 is 1.05 bits per heavy atom. The van der Waals surface area contributed by atoms with Crippen LogP contribution in [0.25, 0.3) is 0 Å². The Kier molecular flexibility index (Phi) is 4.58. The summed E-state index contributed by atoms with van der Waals surface area (Å²) in [6, 6.07) is 9.84. The zero-order valence-corrected chi connectivity index (χ0v) is 14.4. The summed E-state index contributed by atoms with van der Waals surface area (Å²) in [6.45, 7) is 3.84. The van der Waals surface area contributed by atoms with E-state index < -0.39 is 10.0 Å². The van der Waals surface area contributed by atoms with Gasteiger partial charge in [-0.15, -0.1) is 0 Å². The summed E-state index contributed by atoms with van der Waals surface area (Å²) < 4.78 is 33.3. The molecule has 2 aromatic carbocycles. The highest BCUT2D eigenvalue weighted by atomic mass is 79.9. The SMILES string of the molecule is COc1ccc(S(=O)(=O)Nc2cc(C)c(Br)c(C)c2)cc1. The number of aryl methyl sites for hydroxylation is 2. The van der Waals surface area contributed by atoms with Crippen LogP contribution in [0.1, 0.15) is 11.1 Å². The third-order valence-corrected chi connectivity index (χ3v) is 5.71. The van der Waals surface area contributed by atoms with Gasteiger partial charge in [-0.1, -0.05) is 15.9 Å². The average Bonchev–Trinajstić information content (AvgIpc) is 2.44. The Morgan fingerprint density at radius 2 is 1.57 bits per heavy atom. The van der Waals surface area contributed by atoms with E-state index in [0.29, 0.717) is 11.4 Å². The fourth-order valence-corrected chi connectivity index (χ4v) is 3.24. The van der Waals surface area contributed by atoms with E-state index in [2.05, 4.69) is 20.7 Å². The maximum Gasteiger partial charge on any atom is 0.261 e. The van der Waals surface area contributed by atoms with Gasteiger partial charge >= 0.3 is 0 Å². The van der Waals surface area contributed by atoms with E-state index in [4.69, 9.17) is 4.74 Å². The van der Waals surface area contributed by atoms with Crippen molar-refractivity contribution in [2.45, 2.75) is 18.7 Å². The maximum absolute atomic E-state index is 12.3. The zero-order valence-electron chi connectivity index (χ0n) is 12.0. The first-order valence-corrected chi connectivity index (χ1v) is 8.55. The number of rotatable bonds is 4. The molecule has 0 aliphatic carbocycles. The molecule has 0 amide bonds. The molecule has 0 aliphatic rings. The Hall–Kier alpha value is -1.53. The summed E-state index contributed by atoms with van der Waals surface area (Å²) in [7, 11) is -2.07. The number of hydrogen-bond donors (Lipinski definition) is 1. The minimum atomic E-state index is -3.61. The molecule has 0 bridgehead atoms. The van der Waals surface area contributed by atoms with Crippen molar-refractivity contribution in [2.24, 2.45) is 0 Å². The molecule has 1 N–H and O–H groups in total. The molecular weight excluding hydrogens is 354 g/mol. The minimum absolute atomic E-state index is 0.196. The first-order chi connectivity index (χ1) is 9.83. The molecule has 0 unspecified atom stereocenters. The second kappa shape index (κ2) is 6.07. The third-order valence-electron chi connectivity index (χ3n) is 3.06. The summed E-state index contributed by atoms with van der Waals surface area (Å²) in [5.74, 6) is 0.615. The van der Waals surface area contributed by atoms with Crippen molar-refractivity contribution in [1.29, 1.82) is 0 Å². The van der Waals surface area contributed by atoms with Crippen LogP contribution in [0.3, 0.4) is 0 Å². The third kappa shape index (κ3) is 3.57. The van der Waals surface area contributed by atoms with Crippen LogP contribution in [-0.4, -0.2) is 15.5 Å². The van der Waals surface area contributed by atoms with E-state index >= 15 is 0 Å². The summed E-state index contributed by atoms with van der Waals surface area (Å²) >= 11 is 3.46. The van der Waals surface area contributed by atoms with Crippen LogP contribution in [0.4, 0.5) is 5.69 Å². The molecule has 0 radical (unpaired) electrons. The second-order valence-corrected chi connectivity index (χ2v) is 7.18. The molecule has 4 nitrogen and oxygen atoms in total. The lowest BCUT2D eigenvalue weighted by Crippen LogP contribution is -2.13. The predicted molar refractivity (Wildman–Crippen MR) is 87.4 cm³/mol. The lowest BCUT2D eigenvalue weighted by Gasteiger charge is -2.11. The monoisotopic (exact) mass is 369 g/mol. The number of halogens is 1. The highest BCUT2D eigenvalue weighted by molar-refractivity contribution is 9.10.